The fraction of sp³-hybridized carbons (Fsp3) is 0.462. The van der Waals surface area contributed by atoms with E-state index in [0.717, 1.165) is 31.2 Å². The quantitative estimate of drug-likeness (QED) is 0.546. The first kappa shape index (κ1) is 24.1. The molecular weight excluding hydrogens is 424 g/mol. The van der Waals surface area contributed by atoms with E-state index >= 15 is 0 Å². The van der Waals surface area contributed by atoms with Crippen molar-refractivity contribution in [2.75, 3.05) is 13.2 Å². The number of rotatable bonds is 10. The second kappa shape index (κ2) is 12.5. The third-order valence-electron chi connectivity index (χ3n) is 6.00. The van der Waals surface area contributed by atoms with Crippen molar-refractivity contribution >= 4 is 23.4 Å². The van der Waals surface area contributed by atoms with E-state index in [1.165, 1.54) is 6.42 Å². The number of ether oxygens (including phenoxy) is 1. The summed E-state index contributed by atoms with van der Waals surface area (Å²) < 4.78 is 5.70. The van der Waals surface area contributed by atoms with Gasteiger partial charge in [0, 0.05) is 17.6 Å². The highest BCUT2D eigenvalue weighted by molar-refractivity contribution is 6.30. The largest absolute Gasteiger partial charge is 0.484 e. The Morgan fingerprint density at radius 3 is 2.41 bits per heavy atom. The number of carbonyl (C=O) groups is 2. The Bertz CT molecular complexity index is 851. The van der Waals surface area contributed by atoms with Gasteiger partial charge in [-0.2, -0.15) is 0 Å². The van der Waals surface area contributed by atoms with E-state index in [1.807, 2.05) is 37.3 Å². The van der Waals surface area contributed by atoms with Gasteiger partial charge < -0.3 is 15.0 Å². The minimum atomic E-state index is -0.512. The molecule has 0 unspecified atom stereocenters. The van der Waals surface area contributed by atoms with Crippen LogP contribution < -0.4 is 10.1 Å². The van der Waals surface area contributed by atoms with Crippen LogP contribution in [-0.2, 0) is 16.0 Å². The Balaban J connectivity index is 1.68. The van der Waals surface area contributed by atoms with Crippen molar-refractivity contribution in [3.05, 3.63) is 65.2 Å². The molecule has 3 rings (SSSR count). The van der Waals surface area contributed by atoms with E-state index in [0.29, 0.717) is 30.2 Å². The molecule has 1 fully saturated rings. The number of nitrogens with one attached hydrogen (secondary N) is 1. The summed E-state index contributed by atoms with van der Waals surface area (Å²) >= 11 is 5.92. The molecule has 0 bridgehead atoms. The summed E-state index contributed by atoms with van der Waals surface area (Å²) in [7, 11) is 0. The zero-order chi connectivity index (χ0) is 22.8. The zero-order valence-electron chi connectivity index (χ0n) is 18.8. The number of halogens is 1. The summed E-state index contributed by atoms with van der Waals surface area (Å²) in [6.07, 6.45) is 6.79. The van der Waals surface area contributed by atoms with Gasteiger partial charge in [-0.3, -0.25) is 9.59 Å². The van der Waals surface area contributed by atoms with Crippen molar-refractivity contribution in [2.45, 2.75) is 64.0 Å². The summed E-state index contributed by atoms with van der Waals surface area (Å²) in [6.45, 7) is 2.29. The summed E-state index contributed by atoms with van der Waals surface area (Å²) in [5, 5.41) is 3.80. The maximum atomic E-state index is 13.2. The molecule has 5 nitrogen and oxygen atoms in total. The first-order valence-electron chi connectivity index (χ1n) is 11.6. The van der Waals surface area contributed by atoms with Crippen molar-refractivity contribution < 1.29 is 14.3 Å². The van der Waals surface area contributed by atoms with Gasteiger partial charge in [0.15, 0.2) is 6.61 Å². The van der Waals surface area contributed by atoms with Gasteiger partial charge in [-0.25, -0.2) is 0 Å². The van der Waals surface area contributed by atoms with Crippen LogP contribution >= 0.6 is 11.6 Å². The van der Waals surface area contributed by atoms with Crippen LogP contribution in [0.25, 0.3) is 0 Å². The van der Waals surface area contributed by atoms with E-state index in [9.17, 15) is 9.59 Å². The standard InChI is InChI=1S/C26H33ClN2O3/c1-2-24(26(31)28-22-11-7-4-8-12-22)29(18-17-20-9-5-3-6-10-20)25(30)19-32-23-15-13-21(27)14-16-23/h3,5-6,9-10,13-16,22,24H,2,4,7-8,11-12,17-19H2,1H3,(H,28,31)/t24-/m1/s1. The smallest absolute Gasteiger partial charge is 0.261 e. The third kappa shape index (κ3) is 7.27. The number of amides is 2. The van der Waals surface area contributed by atoms with Crippen molar-refractivity contribution in [1.82, 2.24) is 10.2 Å². The molecule has 6 heteroatoms. The van der Waals surface area contributed by atoms with Gasteiger partial charge in [-0.15, -0.1) is 0 Å². The number of nitrogens with zero attached hydrogens (tertiary/aromatic N) is 1. The summed E-state index contributed by atoms with van der Waals surface area (Å²) in [5.74, 6) is 0.319. The average molecular weight is 457 g/mol. The van der Waals surface area contributed by atoms with E-state index in [4.69, 9.17) is 16.3 Å². The van der Waals surface area contributed by atoms with Crippen molar-refractivity contribution in [3.8, 4) is 5.75 Å². The predicted molar refractivity (Wildman–Crippen MR) is 128 cm³/mol. The molecule has 0 spiro atoms. The first-order valence-corrected chi connectivity index (χ1v) is 12.0. The van der Waals surface area contributed by atoms with Gasteiger partial charge in [-0.05, 0) is 55.5 Å². The molecule has 0 aliphatic heterocycles. The lowest BCUT2D eigenvalue weighted by atomic mass is 9.95. The van der Waals surface area contributed by atoms with Crippen molar-refractivity contribution in [1.29, 1.82) is 0 Å². The number of benzene rings is 2. The highest BCUT2D eigenvalue weighted by Gasteiger charge is 2.30. The lowest BCUT2D eigenvalue weighted by Crippen LogP contribution is -2.53. The zero-order valence-corrected chi connectivity index (χ0v) is 19.5. The lowest BCUT2D eigenvalue weighted by molar-refractivity contribution is -0.142. The van der Waals surface area contributed by atoms with Crippen molar-refractivity contribution in [2.24, 2.45) is 0 Å². The van der Waals surface area contributed by atoms with Crippen LogP contribution in [-0.4, -0.2) is 41.9 Å². The van der Waals surface area contributed by atoms with Crippen LogP contribution in [0.4, 0.5) is 0 Å². The Morgan fingerprint density at radius 2 is 1.75 bits per heavy atom. The summed E-state index contributed by atoms with van der Waals surface area (Å²) in [5.41, 5.74) is 1.13. The van der Waals surface area contributed by atoms with Crippen molar-refractivity contribution in [3.63, 3.8) is 0 Å². The highest BCUT2D eigenvalue weighted by Crippen LogP contribution is 2.19. The van der Waals surface area contributed by atoms with Gasteiger partial charge in [-0.1, -0.05) is 68.1 Å². The van der Waals surface area contributed by atoms with Crippen LogP contribution in [0, 0.1) is 0 Å². The molecular formula is C26H33ClN2O3. The molecule has 1 atom stereocenters. The fourth-order valence-electron chi connectivity index (χ4n) is 4.20. The maximum absolute atomic E-state index is 13.2. The van der Waals surface area contributed by atoms with E-state index < -0.39 is 6.04 Å². The SMILES string of the molecule is CC[C@H](C(=O)NC1CCCCC1)N(CCc1ccccc1)C(=O)COc1ccc(Cl)cc1. The van der Waals surface area contributed by atoms with Crippen LogP contribution in [0.1, 0.15) is 51.0 Å². The second-order valence-electron chi connectivity index (χ2n) is 8.33. The van der Waals surface area contributed by atoms with Crippen LogP contribution in [0.3, 0.4) is 0 Å². The lowest BCUT2D eigenvalue weighted by Gasteiger charge is -2.32. The monoisotopic (exact) mass is 456 g/mol. The Morgan fingerprint density at radius 1 is 1.06 bits per heavy atom. The minimum Gasteiger partial charge on any atom is -0.484 e. The molecule has 32 heavy (non-hydrogen) atoms. The maximum Gasteiger partial charge on any atom is 0.261 e. The normalized spacial score (nSPS) is 15.1. The molecule has 0 radical (unpaired) electrons. The van der Waals surface area contributed by atoms with Gasteiger partial charge in [0.05, 0.1) is 0 Å². The molecule has 2 aromatic rings. The summed E-state index contributed by atoms with van der Waals surface area (Å²) in [4.78, 5) is 28.0. The average Bonchev–Trinajstić information content (AvgIpc) is 2.82. The summed E-state index contributed by atoms with van der Waals surface area (Å²) in [6, 6.07) is 16.6. The van der Waals surface area contributed by atoms with Crippen LogP contribution in [0.2, 0.25) is 5.02 Å². The molecule has 1 aliphatic rings. The first-order chi connectivity index (χ1) is 15.6. The Kier molecular flexibility index (Phi) is 9.42. The molecule has 172 valence electrons. The van der Waals surface area contributed by atoms with E-state index in [2.05, 4.69) is 5.32 Å². The Labute approximate surface area is 196 Å². The molecule has 2 amide bonds. The topological polar surface area (TPSA) is 58.6 Å². The molecule has 2 aromatic carbocycles. The fourth-order valence-corrected chi connectivity index (χ4v) is 4.32. The Hall–Kier alpha value is -2.53. The molecule has 1 aliphatic carbocycles. The van der Waals surface area contributed by atoms with Crippen LogP contribution in [0.5, 0.6) is 5.75 Å². The molecule has 0 saturated heterocycles. The van der Waals surface area contributed by atoms with Gasteiger partial charge >= 0.3 is 0 Å². The third-order valence-corrected chi connectivity index (χ3v) is 6.25. The van der Waals surface area contributed by atoms with Crippen LogP contribution in [0.15, 0.2) is 54.6 Å². The number of hydrogen-bond acceptors (Lipinski definition) is 3. The molecule has 0 aromatic heterocycles. The second-order valence-corrected chi connectivity index (χ2v) is 8.77. The molecule has 1 N–H and O–H groups in total. The number of carbonyl (C=O) groups excluding carboxylic acids is 2. The minimum absolute atomic E-state index is 0.0627. The van der Waals surface area contributed by atoms with E-state index in [1.54, 1.807) is 29.2 Å². The molecule has 0 heterocycles. The predicted octanol–water partition coefficient (Wildman–Crippen LogP) is 5.02. The van der Waals surface area contributed by atoms with Gasteiger partial charge in [0.1, 0.15) is 11.8 Å². The van der Waals surface area contributed by atoms with E-state index in [-0.39, 0.29) is 24.5 Å². The van der Waals surface area contributed by atoms with Gasteiger partial charge in [0.2, 0.25) is 5.91 Å². The highest BCUT2D eigenvalue weighted by atomic mass is 35.5. The number of hydrogen-bond donors (Lipinski definition) is 1. The molecule has 1 saturated carbocycles. The van der Waals surface area contributed by atoms with Gasteiger partial charge in [0.25, 0.3) is 5.91 Å².